The number of imidazole rings is 1. The van der Waals surface area contributed by atoms with Crippen LogP contribution in [0.25, 0.3) is 5.65 Å². The van der Waals surface area contributed by atoms with E-state index in [-0.39, 0.29) is 51.6 Å². The highest BCUT2D eigenvalue weighted by atomic mass is 35.5. The van der Waals surface area contributed by atoms with Gasteiger partial charge < -0.3 is 25.3 Å². The quantitative estimate of drug-likeness (QED) is 0.310. The molecule has 3 aromatic rings. The topological polar surface area (TPSA) is 140 Å². The molecule has 0 spiro atoms. The lowest BCUT2D eigenvalue weighted by atomic mass is 10.0. The number of hydrogen-bond donors (Lipinski definition) is 3. The summed E-state index contributed by atoms with van der Waals surface area (Å²) < 4.78 is 32.7. The number of alkyl halides is 2. The van der Waals surface area contributed by atoms with Crippen molar-refractivity contribution in [1.29, 1.82) is 5.26 Å². The fourth-order valence-corrected chi connectivity index (χ4v) is 5.65. The van der Waals surface area contributed by atoms with Crippen LogP contribution in [0.5, 0.6) is 5.75 Å². The van der Waals surface area contributed by atoms with Crippen LogP contribution < -0.4 is 20.8 Å². The van der Waals surface area contributed by atoms with E-state index in [2.05, 4.69) is 32.2 Å². The van der Waals surface area contributed by atoms with Gasteiger partial charge in [0, 0.05) is 48.7 Å². The molecular weight excluding hydrogens is 596 g/mol. The van der Waals surface area contributed by atoms with Crippen molar-refractivity contribution in [3.8, 4) is 11.8 Å². The van der Waals surface area contributed by atoms with E-state index in [0.717, 1.165) is 25.7 Å². The number of nitrogens with one attached hydrogen (secondary N) is 3. The monoisotopic (exact) mass is 625 g/mol. The van der Waals surface area contributed by atoms with E-state index in [1.54, 1.807) is 23.2 Å². The first kappa shape index (κ1) is 29.7. The number of halogens is 3. The van der Waals surface area contributed by atoms with Crippen molar-refractivity contribution in [2.45, 2.75) is 44.4 Å². The minimum Gasteiger partial charge on any atom is -0.434 e. The summed E-state index contributed by atoms with van der Waals surface area (Å²) in [5.74, 6) is -0.819. The zero-order valence-corrected chi connectivity index (χ0v) is 24.3. The van der Waals surface area contributed by atoms with E-state index in [1.165, 1.54) is 40.1 Å². The molecule has 230 valence electrons. The lowest BCUT2D eigenvalue weighted by Gasteiger charge is -2.34. The van der Waals surface area contributed by atoms with Crippen LogP contribution in [0.15, 0.2) is 54.6 Å². The summed E-state index contributed by atoms with van der Waals surface area (Å²) in [5, 5.41) is 21.6. The molecule has 1 aromatic carbocycles. The number of aromatic nitrogens is 3. The number of likely N-dealkylation sites (tertiary alicyclic amines) is 1. The molecule has 12 nitrogen and oxygen atoms in total. The van der Waals surface area contributed by atoms with Gasteiger partial charge in [-0.05, 0) is 56.0 Å². The highest BCUT2D eigenvalue weighted by Crippen LogP contribution is 2.44. The average molecular weight is 626 g/mol. The Labute approximate surface area is 256 Å². The molecule has 1 saturated heterocycles. The van der Waals surface area contributed by atoms with Crippen molar-refractivity contribution in [1.82, 2.24) is 40.6 Å². The van der Waals surface area contributed by atoms with Crippen LogP contribution in [0.1, 0.15) is 47.8 Å². The number of nitriles is 1. The highest BCUT2D eigenvalue weighted by molar-refractivity contribution is 6.30. The molecule has 6 rings (SSSR count). The van der Waals surface area contributed by atoms with Gasteiger partial charge in [-0.1, -0.05) is 11.6 Å². The van der Waals surface area contributed by atoms with E-state index in [1.807, 2.05) is 0 Å². The number of fused-ring (bicyclic) bond motifs is 1. The van der Waals surface area contributed by atoms with Gasteiger partial charge in [0.15, 0.2) is 11.3 Å². The molecule has 4 heterocycles. The Bertz CT molecular complexity index is 1630. The first-order chi connectivity index (χ1) is 21.2. The molecule has 44 heavy (non-hydrogen) atoms. The Morgan fingerprint density at radius 2 is 2.05 bits per heavy atom. The summed E-state index contributed by atoms with van der Waals surface area (Å²) in [7, 11) is 0. The molecular formula is C29H30ClF2N9O3. The van der Waals surface area contributed by atoms with Gasteiger partial charge in [0.1, 0.15) is 12.3 Å². The second-order valence-corrected chi connectivity index (χ2v) is 11.6. The molecule has 2 amide bonds. The van der Waals surface area contributed by atoms with E-state index >= 15 is 0 Å². The van der Waals surface area contributed by atoms with Crippen LogP contribution in [-0.4, -0.2) is 75.2 Å². The number of carbonyl (C=O) groups excluding carboxylic acids is 2. The third-order valence-corrected chi connectivity index (χ3v) is 8.38. The Hall–Kier alpha value is -4.32. The van der Waals surface area contributed by atoms with Gasteiger partial charge in [0.05, 0.1) is 29.4 Å². The molecule has 2 aromatic heterocycles. The third-order valence-electron chi connectivity index (χ3n) is 8.14. The standard InChI is InChI=1S/C29H30ClF2N9O3/c30-18-3-4-23(44-28(31)32)20(12-18)26-21(37-27(43)22-13-34-24-2-1-9-36-41(22)24)14-40(38-26)15-25(42)39-10-5-19(6-11-39)35-17-29(16-33)7-8-29/h1-4,9,12-14,19,26,28,35,38H,5-8,10-11,15,17H2,(H,37,43). The van der Waals surface area contributed by atoms with Crippen LogP contribution >= 0.6 is 11.6 Å². The summed E-state index contributed by atoms with van der Waals surface area (Å²) in [6.45, 7) is -1.38. The first-order valence-corrected chi connectivity index (χ1v) is 14.6. The van der Waals surface area contributed by atoms with Crippen molar-refractivity contribution in [3.05, 3.63) is 70.9 Å². The van der Waals surface area contributed by atoms with Crippen molar-refractivity contribution >= 4 is 29.1 Å². The van der Waals surface area contributed by atoms with Crippen molar-refractivity contribution in [2.24, 2.45) is 5.41 Å². The van der Waals surface area contributed by atoms with E-state index in [4.69, 9.17) is 16.3 Å². The Balaban J connectivity index is 1.17. The molecule has 2 aliphatic heterocycles. The third kappa shape index (κ3) is 6.45. The summed E-state index contributed by atoms with van der Waals surface area (Å²) in [5.41, 5.74) is 4.05. The molecule has 1 saturated carbocycles. The number of hydrogen-bond acceptors (Lipinski definition) is 9. The fourth-order valence-electron chi connectivity index (χ4n) is 5.47. The normalized spacial score (nSPS) is 19.6. The number of nitrogens with zero attached hydrogens (tertiary/aromatic N) is 6. The molecule has 1 aliphatic carbocycles. The number of piperidine rings is 1. The predicted molar refractivity (Wildman–Crippen MR) is 154 cm³/mol. The number of amides is 2. The number of benzene rings is 1. The number of hydrazine groups is 1. The largest absolute Gasteiger partial charge is 0.434 e. The highest BCUT2D eigenvalue weighted by Gasteiger charge is 2.43. The van der Waals surface area contributed by atoms with Gasteiger partial charge in [-0.3, -0.25) is 9.59 Å². The van der Waals surface area contributed by atoms with Gasteiger partial charge in [-0.25, -0.2) is 14.9 Å². The van der Waals surface area contributed by atoms with Gasteiger partial charge in [0.2, 0.25) is 5.91 Å². The van der Waals surface area contributed by atoms with Crippen LogP contribution in [0, 0.1) is 16.7 Å². The maximum absolute atomic E-state index is 13.4. The Morgan fingerprint density at radius 3 is 2.77 bits per heavy atom. The van der Waals surface area contributed by atoms with E-state index in [9.17, 15) is 23.6 Å². The summed E-state index contributed by atoms with van der Waals surface area (Å²) in [6, 6.07) is 9.36. The second-order valence-electron chi connectivity index (χ2n) is 11.2. The van der Waals surface area contributed by atoms with Gasteiger partial charge >= 0.3 is 6.61 Å². The van der Waals surface area contributed by atoms with Crippen molar-refractivity contribution < 1.29 is 23.1 Å². The lowest BCUT2D eigenvalue weighted by molar-refractivity contribution is -0.133. The zero-order chi connectivity index (χ0) is 30.8. The fraction of sp³-hybridized carbons (Fsp3) is 0.414. The molecule has 3 N–H and O–H groups in total. The van der Waals surface area contributed by atoms with Crippen LogP contribution in [0.4, 0.5) is 8.78 Å². The summed E-state index contributed by atoms with van der Waals surface area (Å²) >= 11 is 6.23. The zero-order valence-electron chi connectivity index (χ0n) is 23.5. The van der Waals surface area contributed by atoms with E-state index < -0.39 is 18.6 Å². The van der Waals surface area contributed by atoms with Crippen molar-refractivity contribution in [2.75, 3.05) is 26.2 Å². The van der Waals surface area contributed by atoms with Gasteiger partial charge in [-0.15, -0.1) is 0 Å². The molecule has 0 radical (unpaired) electrons. The minimum atomic E-state index is -3.09. The Kier molecular flexibility index (Phi) is 8.35. The molecule has 1 unspecified atom stereocenters. The molecule has 0 bridgehead atoms. The van der Waals surface area contributed by atoms with Gasteiger partial charge in [-0.2, -0.15) is 19.1 Å². The van der Waals surface area contributed by atoms with Crippen LogP contribution in [0.2, 0.25) is 5.02 Å². The maximum Gasteiger partial charge on any atom is 0.387 e. The summed E-state index contributed by atoms with van der Waals surface area (Å²) in [4.78, 5) is 32.6. The van der Waals surface area contributed by atoms with Gasteiger partial charge in [0.25, 0.3) is 5.91 Å². The molecule has 15 heteroatoms. The lowest BCUT2D eigenvalue weighted by Crippen LogP contribution is -2.49. The molecule has 2 fully saturated rings. The maximum atomic E-state index is 13.4. The van der Waals surface area contributed by atoms with Crippen LogP contribution in [0.3, 0.4) is 0 Å². The number of rotatable bonds is 10. The Morgan fingerprint density at radius 1 is 1.25 bits per heavy atom. The number of carbonyl (C=O) groups is 2. The molecule has 1 atom stereocenters. The molecule has 3 aliphatic rings. The minimum absolute atomic E-state index is 0.0751. The SMILES string of the molecule is N#CC1(CNC2CCN(C(=O)CN3C=C(NC(=O)c4cnc5cccnn45)C(c4cc(Cl)ccc4OC(F)F)N3)CC2)CC1. The predicted octanol–water partition coefficient (Wildman–Crippen LogP) is 3.00. The number of ether oxygens (including phenoxy) is 1. The van der Waals surface area contributed by atoms with Crippen LogP contribution in [-0.2, 0) is 4.79 Å². The van der Waals surface area contributed by atoms with Crippen molar-refractivity contribution in [3.63, 3.8) is 0 Å². The summed E-state index contributed by atoms with van der Waals surface area (Å²) in [6.07, 6.45) is 7.84. The smallest absolute Gasteiger partial charge is 0.387 e. The first-order valence-electron chi connectivity index (χ1n) is 14.2. The second kappa shape index (κ2) is 12.4. The van der Waals surface area contributed by atoms with E-state index in [0.29, 0.717) is 25.3 Å². The average Bonchev–Trinajstić information content (AvgIpc) is 3.50.